The highest BCUT2D eigenvalue weighted by atomic mass is 14.9. The first-order valence-electron chi connectivity index (χ1n) is 5.82. The molecule has 0 saturated carbocycles. The zero-order valence-corrected chi connectivity index (χ0v) is 11.1. The van der Waals surface area contributed by atoms with Gasteiger partial charge in [0.1, 0.15) is 14.1 Å². The van der Waals surface area contributed by atoms with Crippen LogP contribution in [0.4, 0.5) is 0 Å². The highest BCUT2D eigenvalue weighted by Crippen LogP contribution is 1.94. The van der Waals surface area contributed by atoms with Gasteiger partial charge in [-0.3, -0.25) is 0 Å². The lowest BCUT2D eigenvalue weighted by Gasteiger charge is -1.88. The van der Waals surface area contributed by atoms with Crippen molar-refractivity contribution in [1.29, 1.82) is 0 Å². The zero-order valence-electron chi connectivity index (χ0n) is 11.1. The minimum atomic E-state index is 1.14. The molecular formula is C16H20N2+2. The van der Waals surface area contributed by atoms with Gasteiger partial charge in [0.15, 0.2) is 18.6 Å². The van der Waals surface area contributed by atoms with E-state index in [1.54, 1.807) is 0 Å². The van der Waals surface area contributed by atoms with Crippen LogP contribution in [0.5, 0.6) is 0 Å². The van der Waals surface area contributed by atoms with Gasteiger partial charge in [0, 0.05) is 30.3 Å². The second-order valence-corrected chi connectivity index (χ2v) is 3.94. The van der Waals surface area contributed by atoms with Crippen molar-refractivity contribution in [3.05, 3.63) is 73.3 Å². The number of pyridine rings is 2. The summed E-state index contributed by atoms with van der Waals surface area (Å²) >= 11 is 0. The Labute approximate surface area is 109 Å². The topological polar surface area (TPSA) is 7.76 Å². The molecule has 2 nitrogen and oxygen atoms in total. The maximum absolute atomic E-state index is 3.67. The molecule has 0 atom stereocenters. The average Bonchev–Trinajstić information content (AvgIpc) is 2.41. The summed E-state index contributed by atoms with van der Waals surface area (Å²) in [5.41, 5.74) is 2.30. The largest absolute Gasteiger partial charge is 0.208 e. The van der Waals surface area contributed by atoms with Crippen molar-refractivity contribution in [2.24, 2.45) is 14.1 Å². The van der Waals surface area contributed by atoms with Crippen LogP contribution in [0.1, 0.15) is 11.3 Å². The summed E-state index contributed by atoms with van der Waals surface area (Å²) in [7, 11) is 3.99. The summed E-state index contributed by atoms with van der Waals surface area (Å²) < 4.78 is 4.01. The first-order chi connectivity index (χ1) is 8.67. The first kappa shape index (κ1) is 13.8. The van der Waals surface area contributed by atoms with Crippen molar-refractivity contribution >= 4 is 12.2 Å². The van der Waals surface area contributed by atoms with Crippen LogP contribution in [0.3, 0.4) is 0 Å². The summed E-state index contributed by atoms with van der Waals surface area (Å²) in [5, 5.41) is 0. The van der Waals surface area contributed by atoms with Gasteiger partial charge in [-0.05, 0) is 11.6 Å². The molecule has 2 aromatic heterocycles. The molecule has 2 aromatic rings. The van der Waals surface area contributed by atoms with Crippen LogP contribution < -0.4 is 9.13 Å². The van der Waals surface area contributed by atoms with Crippen molar-refractivity contribution in [2.75, 3.05) is 0 Å². The Balaban J connectivity index is 0.000000180. The molecule has 0 aliphatic rings. The lowest BCUT2D eigenvalue weighted by atomic mass is 10.3. The minimum absolute atomic E-state index is 1.14. The molecular weight excluding hydrogens is 220 g/mol. The molecule has 0 N–H and O–H groups in total. The van der Waals surface area contributed by atoms with Crippen molar-refractivity contribution in [3.8, 4) is 0 Å². The Morgan fingerprint density at radius 3 is 2.00 bits per heavy atom. The second-order valence-electron chi connectivity index (χ2n) is 3.94. The third-order valence-electron chi connectivity index (χ3n) is 2.54. The number of hydrogen-bond donors (Lipinski definition) is 0. The number of rotatable bonds is 2. The van der Waals surface area contributed by atoms with E-state index in [-0.39, 0.29) is 0 Å². The Bertz CT molecular complexity index is 513. The van der Waals surface area contributed by atoms with E-state index in [2.05, 4.69) is 13.2 Å². The molecule has 0 fully saturated rings. The van der Waals surface area contributed by atoms with Gasteiger partial charge < -0.3 is 0 Å². The van der Waals surface area contributed by atoms with Crippen LogP contribution in [0.15, 0.2) is 62.1 Å². The smallest absolute Gasteiger partial charge is 0.204 e. The van der Waals surface area contributed by atoms with Crippen molar-refractivity contribution in [1.82, 2.24) is 0 Å². The van der Waals surface area contributed by atoms with Crippen molar-refractivity contribution in [3.63, 3.8) is 0 Å². The molecule has 0 saturated heterocycles. The van der Waals surface area contributed by atoms with Crippen LogP contribution in [0.2, 0.25) is 0 Å². The average molecular weight is 240 g/mol. The molecule has 18 heavy (non-hydrogen) atoms. The fourth-order valence-electron chi connectivity index (χ4n) is 1.40. The highest BCUT2D eigenvalue weighted by molar-refractivity contribution is 5.44. The number of aromatic nitrogens is 2. The van der Waals surface area contributed by atoms with E-state index in [1.165, 1.54) is 0 Å². The number of aryl methyl sites for hydroxylation is 2. The molecule has 0 spiro atoms. The second kappa shape index (κ2) is 7.17. The molecule has 0 radical (unpaired) electrons. The van der Waals surface area contributed by atoms with E-state index < -0.39 is 0 Å². The van der Waals surface area contributed by atoms with E-state index in [9.17, 15) is 0 Å². The summed E-state index contributed by atoms with van der Waals surface area (Å²) in [5.74, 6) is 0. The molecule has 0 aliphatic heterocycles. The predicted octanol–water partition coefficient (Wildman–Crippen LogP) is 2.31. The van der Waals surface area contributed by atoms with Crippen LogP contribution in [0.25, 0.3) is 12.2 Å². The molecule has 2 heteroatoms. The lowest BCUT2D eigenvalue weighted by molar-refractivity contribution is -0.673. The number of nitrogens with zero attached hydrogens (tertiary/aromatic N) is 2. The first-order valence-corrected chi connectivity index (χ1v) is 5.82. The Morgan fingerprint density at radius 1 is 0.889 bits per heavy atom. The predicted molar refractivity (Wildman–Crippen MR) is 75.4 cm³/mol. The fraction of sp³-hybridized carbons (Fsp3) is 0.125. The normalized spacial score (nSPS) is 9.00. The Morgan fingerprint density at radius 2 is 1.56 bits per heavy atom. The van der Waals surface area contributed by atoms with E-state index in [4.69, 9.17) is 0 Å². The molecule has 2 heterocycles. The molecule has 0 aliphatic carbocycles. The van der Waals surface area contributed by atoms with E-state index in [0.29, 0.717) is 0 Å². The van der Waals surface area contributed by atoms with Gasteiger partial charge in [-0.25, -0.2) is 9.13 Å². The molecule has 2 rings (SSSR count). The van der Waals surface area contributed by atoms with Crippen LogP contribution in [-0.4, -0.2) is 0 Å². The Hall–Kier alpha value is -2.22. The maximum atomic E-state index is 3.67. The van der Waals surface area contributed by atoms with E-state index >= 15 is 0 Å². The monoisotopic (exact) mass is 240 g/mol. The van der Waals surface area contributed by atoms with Gasteiger partial charge >= 0.3 is 0 Å². The van der Waals surface area contributed by atoms with Gasteiger partial charge in [0.2, 0.25) is 5.69 Å². The molecule has 0 unspecified atom stereocenters. The van der Waals surface area contributed by atoms with Crippen LogP contribution >= 0.6 is 0 Å². The summed E-state index contributed by atoms with van der Waals surface area (Å²) in [4.78, 5) is 0. The van der Waals surface area contributed by atoms with Crippen molar-refractivity contribution in [2.45, 2.75) is 0 Å². The fourth-order valence-corrected chi connectivity index (χ4v) is 1.40. The lowest BCUT2D eigenvalue weighted by Crippen LogP contribution is -2.30. The van der Waals surface area contributed by atoms with Gasteiger partial charge in [-0.15, -0.1) is 0 Å². The van der Waals surface area contributed by atoms with E-state index in [1.807, 2.05) is 84.3 Å². The third-order valence-corrected chi connectivity index (χ3v) is 2.54. The van der Waals surface area contributed by atoms with Crippen molar-refractivity contribution < 1.29 is 9.13 Å². The quantitative estimate of drug-likeness (QED) is 0.712. The molecule has 0 amide bonds. The van der Waals surface area contributed by atoms with Gasteiger partial charge in [-0.1, -0.05) is 19.2 Å². The van der Waals surface area contributed by atoms with Crippen LogP contribution in [0, 0.1) is 0 Å². The van der Waals surface area contributed by atoms with Gasteiger partial charge in [0.25, 0.3) is 0 Å². The van der Waals surface area contributed by atoms with E-state index in [0.717, 1.165) is 11.3 Å². The minimum Gasteiger partial charge on any atom is -0.208 e. The maximum Gasteiger partial charge on any atom is 0.204 e. The molecule has 0 bridgehead atoms. The third kappa shape index (κ3) is 4.34. The van der Waals surface area contributed by atoms with Crippen LogP contribution in [-0.2, 0) is 14.1 Å². The van der Waals surface area contributed by atoms with Gasteiger partial charge in [-0.2, -0.15) is 0 Å². The Kier molecular flexibility index (Phi) is 5.52. The molecule has 92 valence electrons. The van der Waals surface area contributed by atoms with Gasteiger partial charge in [0.05, 0.1) is 0 Å². The summed E-state index contributed by atoms with van der Waals surface area (Å²) in [6.45, 7) is 7.32. The summed E-state index contributed by atoms with van der Waals surface area (Å²) in [6, 6.07) is 10.1. The number of hydrogen-bond acceptors (Lipinski definition) is 0. The molecule has 0 aromatic carbocycles. The SMILES string of the molecule is C=Cc1cc[n+](C)cc1.C=Cc1cccc[n+]1C. The zero-order chi connectivity index (χ0) is 13.4. The highest BCUT2D eigenvalue weighted by Gasteiger charge is 1.94. The standard InChI is InChI=1S/2C8H10N/c1-3-8-4-6-9(2)7-5-8;1-3-8-6-4-5-7-9(8)2/h2*3-7H,1H2,2H3/q2*+1. The summed E-state index contributed by atoms with van der Waals surface area (Å²) in [6.07, 6.45) is 9.66.